The van der Waals surface area contributed by atoms with Gasteiger partial charge < -0.3 is 9.32 Å². The van der Waals surface area contributed by atoms with Crippen LogP contribution >= 0.6 is 11.8 Å². The zero-order valence-electron chi connectivity index (χ0n) is 12.3. The minimum Gasteiger partial charge on any atom is -0.461 e. The lowest BCUT2D eigenvalue weighted by Crippen LogP contribution is -2.29. The Balaban J connectivity index is 1.73. The van der Waals surface area contributed by atoms with Gasteiger partial charge in [-0.1, -0.05) is 17.8 Å². The lowest BCUT2D eigenvalue weighted by molar-refractivity contribution is -0.127. The molecule has 0 N–H and O–H groups in total. The van der Waals surface area contributed by atoms with Gasteiger partial charge in [-0.05, 0) is 25.0 Å². The van der Waals surface area contributed by atoms with Crippen molar-refractivity contribution < 1.29 is 9.21 Å². The van der Waals surface area contributed by atoms with Gasteiger partial charge in [0.2, 0.25) is 11.7 Å². The van der Waals surface area contributed by atoms with Crippen molar-refractivity contribution in [3.05, 3.63) is 31.1 Å². The van der Waals surface area contributed by atoms with Crippen LogP contribution in [0.4, 0.5) is 0 Å². The van der Waals surface area contributed by atoms with Gasteiger partial charge in [0.15, 0.2) is 10.9 Å². The first kappa shape index (κ1) is 14.9. The fraction of sp³-hybridized carbons (Fsp3) is 0.400. The Labute approximate surface area is 133 Å². The predicted molar refractivity (Wildman–Crippen MR) is 84.5 cm³/mol. The van der Waals surface area contributed by atoms with E-state index in [1.54, 1.807) is 12.3 Å². The molecule has 6 nitrogen and oxygen atoms in total. The third-order valence-electron chi connectivity index (χ3n) is 3.55. The molecule has 0 spiro atoms. The summed E-state index contributed by atoms with van der Waals surface area (Å²) in [6.45, 7) is 6.08. The van der Waals surface area contributed by atoms with E-state index in [-0.39, 0.29) is 5.91 Å². The standard InChI is InChI=1S/C15H18N4O2S/c1-2-7-19-14(12-6-5-10-21-12)16-17-15(19)22-11-13(20)18-8-3-4-9-18/h2,5-6,10H,1,3-4,7-9,11H2. The number of amides is 1. The summed E-state index contributed by atoms with van der Waals surface area (Å²) in [6, 6.07) is 3.65. The SMILES string of the molecule is C=CCn1c(SCC(=O)N2CCCC2)nnc1-c1ccco1. The van der Waals surface area contributed by atoms with Crippen molar-refractivity contribution in [2.75, 3.05) is 18.8 Å². The van der Waals surface area contributed by atoms with E-state index >= 15 is 0 Å². The van der Waals surface area contributed by atoms with Gasteiger partial charge in [0, 0.05) is 19.6 Å². The number of aromatic nitrogens is 3. The van der Waals surface area contributed by atoms with E-state index < -0.39 is 0 Å². The molecule has 1 amide bonds. The number of likely N-dealkylation sites (tertiary alicyclic amines) is 1. The molecule has 2 aromatic heterocycles. The zero-order chi connectivity index (χ0) is 15.4. The molecular weight excluding hydrogens is 300 g/mol. The second-order valence-corrected chi connectivity index (χ2v) is 6.00. The van der Waals surface area contributed by atoms with Gasteiger partial charge in [-0.3, -0.25) is 9.36 Å². The molecule has 0 radical (unpaired) electrons. The molecule has 116 valence electrons. The fourth-order valence-corrected chi connectivity index (χ4v) is 3.31. The number of hydrogen-bond acceptors (Lipinski definition) is 5. The second-order valence-electron chi connectivity index (χ2n) is 5.06. The Kier molecular flexibility index (Phi) is 4.62. The van der Waals surface area contributed by atoms with Gasteiger partial charge in [0.1, 0.15) is 0 Å². The summed E-state index contributed by atoms with van der Waals surface area (Å²) in [5.74, 6) is 1.86. The van der Waals surface area contributed by atoms with E-state index in [0.717, 1.165) is 25.9 Å². The molecule has 1 aliphatic heterocycles. The van der Waals surface area contributed by atoms with Crippen LogP contribution < -0.4 is 0 Å². The Hall–Kier alpha value is -2.02. The summed E-state index contributed by atoms with van der Waals surface area (Å²) in [5, 5.41) is 9.07. The Morgan fingerprint density at radius 3 is 2.91 bits per heavy atom. The highest BCUT2D eigenvalue weighted by Crippen LogP contribution is 2.25. The molecule has 7 heteroatoms. The van der Waals surface area contributed by atoms with Crippen molar-refractivity contribution in [2.24, 2.45) is 0 Å². The lowest BCUT2D eigenvalue weighted by Gasteiger charge is -2.14. The van der Waals surface area contributed by atoms with E-state index in [9.17, 15) is 4.79 Å². The molecule has 0 bridgehead atoms. The van der Waals surface area contributed by atoms with Crippen LogP contribution in [0.2, 0.25) is 0 Å². The van der Waals surface area contributed by atoms with Crippen LogP contribution in [0.1, 0.15) is 12.8 Å². The first-order valence-electron chi connectivity index (χ1n) is 7.28. The quantitative estimate of drug-likeness (QED) is 0.604. The Morgan fingerprint density at radius 2 is 2.23 bits per heavy atom. The molecule has 0 saturated carbocycles. The molecule has 22 heavy (non-hydrogen) atoms. The smallest absolute Gasteiger partial charge is 0.233 e. The first-order valence-corrected chi connectivity index (χ1v) is 8.26. The average Bonchev–Trinajstić information content (AvgIpc) is 3.26. The second kappa shape index (κ2) is 6.83. The number of nitrogens with zero attached hydrogens (tertiary/aromatic N) is 4. The Bertz CT molecular complexity index is 645. The van der Waals surface area contributed by atoms with Crippen molar-refractivity contribution in [2.45, 2.75) is 24.5 Å². The molecule has 3 rings (SSSR count). The number of rotatable bonds is 6. The van der Waals surface area contributed by atoms with Crippen LogP contribution in [0, 0.1) is 0 Å². The average molecular weight is 318 g/mol. The van der Waals surface area contributed by atoms with E-state index in [1.807, 2.05) is 21.6 Å². The molecule has 1 fully saturated rings. The maximum absolute atomic E-state index is 12.1. The van der Waals surface area contributed by atoms with Crippen LogP contribution in [0.3, 0.4) is 0 Å². The van der Waals surface area contributed by atoms with Crippen LogP contribution in [0.25, 0.3) is 11.6 Å². The largest absolute Gasteiger partial charge is 0.461 e. The number of hydrogen-bond donors (Lipinski definition) is 0. The summed E-state index contributed by atoms with van der Waals surface area (Å²) in [6.07, 6.45) is 5.59. The van der Waals surface area contributed by atoms with Gasteiger partial charge in [-0.15, -0.1) is 16.8 Å². The van der Waals surface area contributed by atoms with Crippen molar-refractivity contribution in [1.82, 2.24) is 19.7 Å². The number of furan rings is 1. The van der Waals surface area contributed by atoms with Gasteiger partial charge in [0.05, 0.1) is 12.0 Å². The maximum Gasteiger partial charge on any atom is 0.233 e. The summed E-state index contributed by atoms with van der Waals surface area (Å²) in [4.78, 5) is 14.0. The van der Waals surface area contributed by atoms with E-state index in [1.165, 1.54) is 11.8 Å². The zero-order valence-corrected chi connectivity index (χ0v) is 13.1. The van der Waals surface area contributed by atoms with Gasteiger partial charge >= 0.3 is 0 Å². The minimum absolute atomic E-state index is 0.162. The van der Waals surface area contributed by atoms with Crippen LogP contribution in [0.5, 0.6) is 0 Å². The lowest BCUT2D eigenvalue weighted by atomic mass is 10.4. The fourth-order valence-electron chi connectivity index (χ4n) is 2.46. The Morgan fingerprint density at radius 1 is 1.41 bits per heavy atom. The van der Waals surface area contributed by atoms with Crippen molar-refractivity contribution in [3.8, 4) is 11.6 Å². The van der Waals surface area contributed by atoms with Crippen molar-refractivity contribution >= 4 is 17.7 Å². The first-order chi connectivity index (χ1) is 10.8. The number of thioether (sulfide) groups is 1. The molecule has 1 saturated heterocycles. The van der Waals surface area contributed by atoms with Crippen LogP contribution in [0.15, 0.2) is 40.6 Å². The summed E-state index contributed by atoms with van der Waals surface area (Å²) < 4.78 is 7.30. The summed E-state index contributed by atoms with van der Waals surface area (Å²) in [7, 11) is 0. The monoisotopic (exact) mass is 318 g/mol. The van der Waals surface area contributed by atoms with Crippen LogP contribution in [-0.4, -0.2) is 44.4 Å². The number of carbonyl (C=O) groups excluding carboxylic acids is 1. The molecule has 3 heterocycles. The molecule has 0 atom stereocenters. The molecule has 0 aromatic carbocycles. The summed E-state index contributed by atoms with van der Waals surface area (Å²) >= 11 is 1.41. The van der Waals surface area contributed by atoms with Gasteiger partial charge in [0.25, 0.3) is 0 Å². The number of allylic oxidation sites excluding steroid dienone is 1. The highest BCUT2D eigenvalue weighted by Gasteiger charge is 2.20. The van der Waals surface area contributed by atoms with Crippen molar-refractivity contribution in [3.63, 3.8) is 0 Å². The topological polar surface area (TPSA) is 64.2 Å². The number of carbonyl (C=O) groups is 1. The highest BCUT2D eigenvalue weighted by atomic mass is 32.2. The van der Waals surface area contributed by atoms with E-state index in [4.69, 9.17) is 4.42 Å². The molecule has 1 aliphatic rings. The third-order valence-corrected chi connectivity index (χ3v) is 4.51. The molecule has 0 unspecified atom stereocenters. The van der Waals surface area contributed by atoms with Gasteiger partial charge in [-0.25, -0.2) is 0 Å². The third kappa shape index (κ3) is 3.09. The van der Waals surface area contributed by atoms with Gasteiger partial charge in [-0.2, -0.15) is 0 Å². The van der Waals surface area contributed by atoms with Crippen molar-refractivity contribution in [1.29, 1.82) is 0 Å². The maximum atomic E-state index is 12.1. The minimum atomic E-state index is 0.162. The van der Waals surface area contributed by atoms with Crippen LogP contribution in [-0.2, 0) is 11.3 Å². The highest BCUT2D eigenvalue weighted by molar-refractivity contribution is 7.99. The van der Waals surface area contributed by atoms with E-state index in [0.29, 0.717) is 29.0 Å². The predicted octanol–water partition coefficient (Wildman–Crippen LogP) is 2.44. The summed E-state index contributed by atoms with van der Waals surface area (Å²) in [5.41, 5.74) is 0. The normalized spacial score (nSPS) is 14.5. The molecule has 0 aliphatic carbocycles. The molecule has 2 aromatic rings. The van der Waals surface area contributed by atoms with E-state index in [2.05, 4.69) is 16.8 Å². The molecular formula is C15H18N4O2S.